The number of carbonyl (C=O) groups excluding carboxylic acids is 2. The Morgan fingerprint density at radius 3 is 2.38 bits per heavy atom. The zero-order chi connectivity index (χ0) is 21.4. The molecule has 0 aliphatic rings. The maximum absolute atomic E-state index is 12.4. The van der Waals surface area contributed by atoms with Crippen LogP contribution in [-0.4, -0.2) is 51.0 Å². The predicted octanol–water partition coefficient (Wildman–Crippen LogP) is 4.22. The lowest BCUT2D eigenvalue weighted by molar-refractivity contribution is -0.130. The second-order valence-electron chi connectivity index (χ2n) is 6.27. The molecule has 0 spiro atoms. The van der Waals surface area contributed by atoms with E-state index < -0.39 is 0 Å². The van der Waals surface area contributed by atoms with Crippen LogP contribution in [0.25, 0.3) is 6.08 Å². The number of rotatable bonds is 9. The van der Waals surface area contributed by atoms with E-state index in [0.717, 1.165) is 10.0 Å². The summed E-state index contributed by atoms with van der Waals surface area (Å²) < 4.78 is 17.1. The predicted molar refractivity (Wildman–Crippen MR) is 116 cm³/mol. The van der Waals surface area contributed by atoms with Gasteiger partial charge >= 0.3 is 0 Å². The molecule has 0 aromatic heterocycles. The third-order valence-electron chi connectivity index (χ3n) is 3.96. The summed E-state index contributed by atoms with van der Waals surface area (Å²) in [7, 11) is 4.91. The van der Waals surface area contributed by atoms with Gasteiger partial charge in [-0.05, 0) is 70.9 Å². The first kappa shape index (κ1) is 22.5. The van der Waals surface area contributed by atoms with Gasteiger partial charge in [-0.3, -0.25) is 9.59 Å². The molecule has 0 saturated carbocycles. The molecule has 0 unspecified atom stereocenters. The number of allylic oxidation sites excluding steroid dienone is 1. The van der Waals surface area contributed by atoms with Crippen LogP contribution in [0.3, 0.4) is 0 Å². The third kappa shape index (κ3) is 6.35. The van der Waals surface area contributed by atoms with Crippen LogP contribution < -0.4 is 14.2 Å². The molecule has 0 bridgehead atoms. The Balaban J connectivity index is 2.08. The minimum absolute atomic E-state index is 0.0469. The molecule has 0 fully saturated rings. The number of hydrogen-bond acceptors (Lipinski definition) is 5. The summed E-state index contributed by atoms with van der Waals surface area (Å²) in [6.07, 6.45) is 3.21. The van der Waals surface area contributed by atoms with Gasteiger partial charge in [-0.25, -0.2) is 0 Å². The Morgan fingerprint density at radius 1 is 1.10 bits per heavy atom. The molecular formula is C22H24BrNO5. The lowest BCUT2D eigenvalue weighted by Crippen LogP contribution is -2.27. The topological polar surface area (TPSA) is 65.1 Å². The van der Waals surface area contributed by atoms with E-state index in [1.807, 2.05) is 19.1 Å². The number of ketones is 1. The Hall–Kier alpha value is -2.80. The van der Waals surface area contributed by atoms with Gasteiger partial charge in [0.05, 0.1) is 18.2 Å². The minimum Gasteiger partial charge on any atom is -0.492 e. The molecule has 2 aromatic carbocycles. The summed E-state index contributed by atoms with van der Waals surface area (Å²) in [4.78, 5) is 25.5. The van der Waals surface area contributed by atoms with Gasteiger partial charge < -0.3 is 19.1 Å². The molecule has 0 N–H and O–H groups in total. The van der Waals surface area contributed by atoms with Crippen molar-refractivity contribution in [2.45, 2.75) is 6.92 Å². The number of halogens is 1. The van der Waals surface area contributed by atoms with Crippen molar-refractivity contribution in [3.05, 3.63) is 58.1 Å². The van der Waals surface area contributed by atoms with Gasteiger partial charge in [-0.2, -0.15) is 0 Å². The summed E-state index contributed by atoms with van der Waals surface area (Å²) in [5.41, 5.74) is 1.32. The van der Waals surface area contributed by atoms with Crippen molar-refractivity contribution >= 4 is 33.7 Å². The average Bonchev–Trinajstić information content (AvgIpc) is 2.70. The first-order valence-corrected chi connectivity index (χ1v) is 9.80. The summed E-state index contributed by atoms with van der Waals surface area (Å²) in [5.74, 6) is 1.46. The fourth-order valence-electron chi connectivity index (χ4n) is 2.40. The molecule has 0 heterocycles. The normalized spacial score (nSPS) is 10.7. The molecule has 154 valence electrons. The number of likely N-dealkylation sites (N-methyl/N-ethyl adjacent to an activating group) is 1. The van der Waals surface area contributed by atoms with Crippen molar-refractivity contribution in [1.82, 2.24) is 4.90 Å². The van der Waals surface area contributed by atoms with Gasteiger partial charge in [0.15, 0.2) is 23.9 Å². The fourth-order valence-corrected chi connectivity index (χ4v) is 3.02. The lowest BCUT2D eigenvalue weighted by atomic mass is 10.1. The average molecular weight is 462 g/mol. The fraction of sp³-hybridized carbons (Fsp3) is 0.273. The number of methoxy groups -OCH3 is 1. The van der Waals surface area contributed by atoms with E-state index in [2.05, 4.69) is 15.9 Å². The molecule has 0 saturated heterocycles. The number of ether oxygens (including phenoxy) is 3. The highest BCUT2D eigenvalue weighted by Gasteiger charge is 2.11. The molecule has 29 heavy (non-hydrogen) atoms. The Labute approximate surface area is 179 Å². The molecule has 0 aliphatic carbocycles. The Morgan fingerprint density at radius 2 is 1.79 bits per heavy atom. The lowest BCUT2D eigenvalue weighted by Gasteiger charge is -2.12. The van der Waals surface area contributed by atoms with Gasteiger partial charge in [0.2, 0.25) is 0 Å². The maximum atomic E-state index is 12.4. The SMILES string of the molecule is CCOc1cc(/C=C/C(=O)c2ccc(OCC(=O)N(C)C)cc2)cc(Br)c1OC. The minimum atomic E-state index is -0.147. The Kier molecular flexibility index (Phi) is 8.27. The van der Waals surface area contributed by atoms with E-state index in [1.54, 1.807) is 51.5 Å². The van der Waals surface area contributed by atoms with Crippen molar-refractivity contribution in [2.24, 2.45) is 0 Å². The molecule has 0 atom stereocenters. The molecule has 2 aromatic rings. The quantitative estimate of drug-likeness (QED) is 0.413. The summed E-state index contributed by atoms with van der Waals surface area (Å²) in [6, 6.07) is 10.3. The second kappa shape index (κ2) is 10.7. The third-order valence-corrected chi connectivity index (χ3v) is 4.55. The molecule has 0 aliphatic heterocycles. The Bertz CT molecular complexity index is 891. The van der Waals surface area contributed by atoms with Crippen LogP contribution >= 0.6 is 15.9 Å². The van der Waals surface area contributed by atoms with Crippen molar-refractivity contribution in [3.8, 4) is 17.2 Å². The van der Waals surface area contributed by atoms with Crippen LogP contribution in [0.2, 0.25) is 0 Å². The maximum Gasteiger partial charge on any atom is 0.259 e. The van der Waals surface area contributed by atoms with E-state index in [-0.39, 0.29) is 18.3 Å². The summed E-state index contributed by atoms with van der Waals surface area (Å²) in [6.45, 7) is 2.35. The van der Waals surface area contributed by atoms with Crippen LogP contribution in [0.5, 0.6) is 17.2 Å². The van der Waals surface area contributed by atoms with Gasteiger partial charge in [0, 0.05) is 19.7 Å². The molecule has 7 heteroatoms. The number of hydrogen-bond donors (Lipinski definition) is 0. The smallest absolute Gasteiger partial charge is 0.259 e. The molecule has 6 nitrogen and oxygen atoms in total. The zero-order valence-electron chi connectivity index (χ0n) is 16.9. The number of benzene rings is 2. The van der Waals surface area contributed by atoms with E-state index in [4.69, 9.17) is 14.2 Å². The molecule has 2 rings (SSSR count). The highest BCUT2D eigenvalue weighted by atomic mass is 79.9. The number of carbonyl (C=O) groups is 2. The second-order valence-corrected chi connectivity index (χ2v) is 7.12. The first-order valence-electron chi connectivity index (χ1n) is 9.01. The monoisotopic (exact) mass is 461 g/mol. The number of amides is 1. The van der Waals surface area contributed by atoms with Crippen molar-refractivity contribution in [2.75, 3.05) is 34.4 Å². The highest BCUT2D eigenvalue weighted by molar-refractivity contribution is 9.10. The summed E-state index contributed by atoms with van der Waals surface area (Å²) >= 11 is 3.46. The van der Waals surface area contributed by atoms with Crippen LogP contribution in [0.4, 0.5) is 0 Å². The largest absolute Gasteiger partial charge is 0.492 e. The molecular weight excluding hydrogens is 438 g/mol. The van der Waals surface area contributed by atoms with Crippen LogP contribution in [-0.2, 0) is 4.79 Å². The van der Waals surface area contributed by atoms with E-state index in [1.165, 1.54) is 11.0 Å². The highest BCUT2D eigenvalue weighted by Crippen LogP contribution is 2.36. The van der Waals surface area contributed by atoms with E-state index in [0.29, 0.717) is 29.4 Å². The van der Waals surface area contributed by atoms with E-state index in [9.17, 15) is 9.59 Å². The standard InChI is InChI=1S/C22H24BrNO5/c1-5-28-20-13-15(12-18(23)22(20)27-4)6-11-19(25)16-7-9-17(10-8-16)29-14-21(26)24(2)3/h6-13H,5,14H2,1-4H3/b11-6+. The molecule has 1 amide bonds. The van der Waals surface area contributed by atoms with Gasteiger partial charge in [0.25, 0.3) is 5.91 Å². The van der Waals surface area contributed by atoms with Crippen molar-refractivity contribution in [3.63, 3.8) is 0 Å². The van der Waals surface area contributed by atoms with Gasteiger partial charge in [-0.1, -0.05) is 6.08 Å². The van der Waals surface area contributed by atoms with Crippen molar-refractivity contribution < 1.29 is 23.8 Å². The first-order chi connectivity index (χ1) is 13.8. The van der Waals surface area contributed by atoms with Crippen LogP contribution in [0.15, 0.2) is 46.9 Å². The summed E-state index contributed by atoms with van der Waals surface area (Å²) in [5, 5.41) is 0. The van der Waals surface area contributed by atoms with Gasteiger partial charge in [-0.15, -0.1) is 0 Å². The zero-order valence-corrected chi connectivity index (χ0v) is 18.5. The van der Waals surface area contributed by atoms with Crippen LogP contribution in [0, 0.1) is 0 Å². The van der Waals surface area contributed by atoms with Gasteiger partial charge in [0.1, 0.15) is 5.75 Å². The number of nitrogens with zero attached hydrogens (tertiary/aromatic N) is 1. The molecule has 0 radical (unpaired) electrons. The van der Waals surface area contributed by atoms with Crippen molar-refractivity contribution in [1.29, 1.82) is 0 Å². The van der Waals surface area contributed by atoms with E-state index >= 15 is 0 Å². The van der Waals surface area contributed by atoms with Crippen LogP contribution in [0.1, 0.15) is 22.8 Å².